The summed E-state index contributed by atoms with van der Waals surface area (Å²) in [5.41, 5.74) is 0.658. The highest BCUT2D eigenvalue weighted by Gasteiger charge is 2.36. The van der Waals surface area contributed by atoms with Gasteiger partial charge in [0.25, 0.3) is 5.91 Å². The first-order valence-electron chi connectivity index (χ1n) is 9.18. The van der Waals surface area contributed by atoms with Crippen LogP contribution in [0.5, 0.6) is 11.5 Å². The Balaban J connectivity index is 0.00000196. The van der Waals surface area contributed by atoms with E-state index < -0.39 is 0 Å². The number of hydrogen-bond donors (Lipinski definition) is 1. The lowest BCUT2D eigenvalue weighted by atomic mass is 9.89. The monoisotopic (exact) mass is 372 g/mol. The molecule has 1 saturated carbocycles. The van der Waals surface area contributed by atoms with Gasteiger partial charge >= 0.3 is 0 Å². The first-order valence-corrected chi connectivity index (χ1v) is 9.18. The maximum Gasteiger partial charge on any atom is 0.258 e. The van der Waals surface area contributed by atoms with Gasteiger partial charge in [0.2, 0.25) is 0 Å². The number of nitrogens with one attached hydrogen (secondary N) is 1. The molecule has 0 aromatic heterocycles. The number of carbonyl (C=O) groups is 1. The number of ether oxygens (including phenoxy) is 1. The molecule has 2 aliphatic rings. The fourth-order valence-electron chi connectivity index (χ4n) is 3.66. The summed E-state index contributed by atoms with van der Waals surface area (Å²) in [5.74, 6) is 1.49. The standard InChI is InChI=1S/C21H24N2O2.ClH/c24-21(23(16-7-6-8-16)17-13-14-22-15-17)19-11-4-5-12-20(19)25-18-9-2-1-3-10-18;/h1-5,9-12,16-17,22H,6-8,13-15H2;1H/t17-;/m0./s1. The molecule has 1 heterocycles. The van der Waals surface area contributed by atoms with Crippen molar-refractivity contribution < 1.29 is 9.53 Å². The maximum atomic E-state index is 13.4. The lowest BCUT2D eigenvalue weighted by Gasteiger charge is -2.41. The summed E-state index contributed by atoms with van der Waals surface area (Å²) in [6.07, 6.45) is 4.48. The first-order chi connectivity index (χ1) is 12.3. The van der Waals surface area contributed by atoms with Crippen LogP contribution in [0.25, 0.3) is 0 Å². The summed E-state index contributed by atoms with van der Waals surface area (Å²) >= 11 is 0. The van der Waals surface area contributed by atoms with Crippen LogP contribution in [0.3, 0.4) is 0 Å². The van der Waals surface area contributed by atoms with Crippen LogP contribution < -0.4 is 10.1 Å². The number of rotatable bonds is 5. The van der Waals surface area contributed by atoms with Crippen molar-refractivity contribution in [2.45, 2.75) is 37.8 Å². The van der Waals surface area contributed by atoms with E-state index in [1.807, 2.05) is 54.6 Å². The van der Waals surface area contributed by atoms with Gasteiger partial charge in [-0.3, -0.25) is 4.79 Å². The minimum Gasteiger partial charge on any atom is -0.457 e. The summed E-state index contributed by atoms with van der Waals surface area (Å²) in [6, 6.07) is 17.9. The Labute approximate surface area is 160 Å². The molecule has 1 aliphatic carbocycles. The Kier molecular flexibility index (Phi) is 6.17. The molecule has 1 saturated heterocycles. The van der Waals surface area contributed by atoms with Crippen LogP contribution >= 0.6 is 12.4 Å². The van der Waals surface area contributed by atoms with Gasteiger partial charge in [0.05, 0.1) is 5.56 Å². The third kappa shape index (κ3) is 3.87. The van der Waals surface area contributed by atoms with Crippen LogP contribution in [-0.2, 0) is 0 Å². The molecule has 0 unspecified atom stereocenters. The zero-order valence-electron chi connectivity index (χ0n) is 14.8. The third-order valence-corrected chi connectivity index (χ3v) is 5.22. The van der Waals surface area contributed by atoms with Crippen LogP contribution in [0.2, 0.25) is 0 Å². The highest BCUT2D eigenvalue weighted by molar-refractivity contribution is 5.97. The van der Waals surface area contributed by atoms with Crippen molar-refractivity contribution in [3.63, 3.8) is 0 Å². The number of halogens is 1. The van der Waals surface area contributed by atoms with Crippen LogP contribution in [0.1, 0.15) is 36.0 Å². The predicted molar refractivity (Wildman–Crippen MR) is 105 cm³/mol. The molecule has 1 N–H and O–H groups in total. The van der Waals surface area contributed by atoms with Gasteiger partial charge in [-0.1, -0.05) is 30.3 Å². The minimum atomic E-state index is 0. The highest BCUT2D eigenvalue weighted by Crippen LogP contribution is 2.32. The molecule has 26 heavy (non-hydrogen) atoms. The topological polar surface area (TPSA) is 41.6 Å². The summed E-state index contributed by atoms with van der Waals surface area (Å²) in [6.45, 7) is 1.88. The minimum absolute atomic E-state index is 0. The molecule has 1 atom stereocenters. The molecule has 138 valence electrons. The van der Waals surface area contributed by atoms with Gasteiger partial charge < -0.3 is 15.0 Å². The number of para-hydroxylation sites is 2. The molecule has 0 spiro atoms. The Hall–Kier alpha value is -2.04. The maximum absolute atomic E-state index is 13.4. The summed E-state index contributed by atoms with van der Waals surface area (Å²) in [7, 11) is 0. The van der Waals surface area contributed by atoms with E-state index in [2.05, 4.69) is 10.2 Å². The second-order valence-electron chi connectivity index (χ2n) is 6.86. The largest absolute Gasteiger partial charge is 0.457 e. The van der Waals surface area contributed by atoms with E-state index in [1.165, 1.54) is 6.42 Å². The molecule has 1 amide bonds. The zero-order chi connectivity index (χ0) is 17.1. The normalized spacial score (nSPS) is 19.3. The Morgan fingerprint density at radius 3 is 2.35 bits per heavy atom. The fraction of sp³-hybridized carbons (Fsp3) is 0.381. The van der Waals surface area contributed by atoms with Crippen LogP contribution in [0, 0.1) is 0 Å². The zero-order valence-corrected chi connectivity index (χ0v) is 15.6. The molecule has 2 aromatic rings. The number of hydrogen-bond acceptors (Lipinski definition) is 3. The van der Waals surface area contributed by atoms with Crippen LogP contribution in [0.4, 0.5) is 0 Å². The SMILES string of the molecule is Cl.O=C(c1ccccc1Oc1ccccc1)N(C1CCC1)[C@H]1CCNC1. The van der Waals surface area contributed by atoms with E-state index in [1.54, 1.807) is 0 Å². The van der Waals surface area contributed by atoms with E-state index in [0.29, 0.717) is 23.4 Å². The molecule has 4 rings (SSSR count). The quantitative estimate of drug-likeness (QED) is 0.852. The van der Waals surface area contributed by atoms with Crippen molar-refractivity contribution in [3.05, 3.63) is 60.2 Å². The second-order valence-corrected chi connectivity index (χ2v) is 6.86. The fourth-order valence-corrected chi connectivity index (χ4v) is 3.66. The van der Waals surface area contributed by atoms with Crippen LogP contribution in [-0.4, -0.2) is 36.0 Å². The molecule has 2 fully saturated rings. The Morgan fingerprint density at radius 1 is 0.962 bits per heavy atom. The van der Waals surface area contributed by atoms with Gasteiger partial charge in [0.15, 0.2) is 0 Å². The third-order valence-electron chi connectivity index (χ3n) is 5.22. The molecule has 0 bridgehead atoms. The van der Waals surface area contributed by atoms with Crippen LogP contribution in [0.15, 0.2) is 54.6 Å². The van der Waals surface area contributed by atoms with Gasteiger partial charge in [-0.05, 0) is 56.5 Å². The predicted octanol–water partition coefficient (Wildman–Crippen LogP) is 4.26. The van der Waals surface area contributed by atoms with Gasteiger partial charge in [0, 0.05) is 18.6 Å². The van der Waals surface area contributed by atoms with Crippen molar-refractivity contribution >= 4 is 18.3 Å². The van der Waals surface area contributed by atoms with Crippen molar-refractivity contribution in [1.82, 2.24) is 10.2 Å². The molecule has 0 radical (unpaired) electrons. The average Bonchev–Trinajstić information content (AvgIpc) is 3.13. The lowest BCUT2D eigenvalue weighted by molar-refractivity contribution is 0.0463. The Bertz CT molecular complexity index is 728. The smallest absolute Gasteiger partial charge is 0.258 e. The molecule has 1 aliphatic heterocycles. The summed E-state index contributed by atoms with van der Waals surface area (Å²) < 4.78 is 6.01. The van der Waals surface area contributed by atoms with Gasteiger partial charge in [0.1, 0.15) is 11.5 Å². The van der Waals surface area contributed by atoms with Crippen molar-refractivity contribution in [1.29, 1.82) is 0 Å². The number of nitrogens with zero attached hydrogens (tertiary/aromatic N) is 1. The summed E-state index contributed by atoms with van der Waals surface area (Å²) in [5, 5.41) is 3.39. The van der Waals surface area contributed by atoms with Gasteiger partial charge in [-0.2, -0.15) is 0 Å². The number of amides is 1. The van der Waals surface area contributed by atoms with Crippen molar-refractivity contribution in [3.8, 4) is 11.5 Å². The molecule has 5 heteroatoms. The number of benzene rings is 2. The Morgan fingerprint density at radius 2 is 1.69 bits per heavy atom. The van der Waals surface area contributed by atoms with E-state index >= 15 is 0 Å². The number of carbonyl (C=O) groups excluding carboxylic acids is 1. The average molecular weight is 373 g/mol. The molecule has 2 aromatic carbocycles. The molecular formula is C21H25ClN2O2. The summed E-state index contributed by atoms with van der Waals surface area (Å²) in [4.78, 5) is 15.5. The molecule has 4 nitrogen and oxygen atoms in total. The van der Waals surface area contributed by atoms with E-state index in [9.17, 15) is 4.79 Å². The first kappa shape index (κ1) is 18.7. The lowest BCUT2D eigenvalue weighted by Crippen LogP contribution is -2.51. The van der Waals surface area contributed by atoms with Gasteiger partial charge in [-0.15, -0.1) is 12.4 Å². The van der Waals surface area contributed by atoms with Crippen molar-refractivity contribution in [2.24, 2.45) is 0 Å². The van der Waals surface area contributed by atoms with Crippen molar-refractivity contribution in [2.75, 3.05) is 13.1 Å². The van der Waals surface area contributed by atoms with E-state index in [0.717, 1.165) is 38.1 Å². The van der Waals surface area contributed by atoms with E-state index in [4.69, 9.17) is 4.74 Å². The van der Waals surface area contributed by atoms with E-state index in [-0.39, 0.29) is 18.3 Å². The van der Waals surface area contributed by atoms with Gasteiger partial charge in [-0.25, -0.2) is 0 Å². The molecular weight excluding hydrogens is 348 g/mol. The highest BCUT2D eigenvalue weighted by atomic mass is 35.5. The second kappa shape index (κ2) is 8.56.